The Bertz CT molecular complexity index is 665. The highest BCUT2D eigenvalue weighted by atomic mass is 35.5. The molecule has 2 aromatic rings. The van der Waals surface area contributed by atoms with Gasteiger partial charge in [-0.1, -0.05) is 29.3 Å². The smallest absolute Gasteiger partial charge is 0.269 e. The van der Waals surface area contributed by atoms with E-state index in [4.69, 9.17) is 23.2 Å². The van der Waals surface area contributed by atoms with Gasteiger partial charge in [-0.25, -0.2) is 4.39 Å². The van der Waals surface area contributed by atoms with Crippen LogP contribution in [-0.2, 0) is 6.54 Å². The van der Waals surface area contributed by atoms with Crippen LogP contribution in [0, 0.1) is 15.9 Å². The van der Waals surface area contributed by atoms with Gasteiger partial charge in [0.1, 0.15) is 0 Å². The lowest BCUT2D eigenvalue weighted by molar-refractivity contribution is -0.384. The molecule has 2 aromatic carbocycles. The molecule has 0 aliphatic heterocycles. The lowest BCUT2D eigenvalue weighted by Gasteiger charge is -2.09. The molecule has 0 aliphatic carbocycles. The van der Waals surface area contributed by atoms with Gasteiger partial charge in [0.25, 0.3) is 5.69 Å². The van der Waals surface area contributed by atoms with E-state index in [9.17, 15) is 14.5 Å². The summed E-state index contributed by atoms with van der Waals surface area (Å²) in [7, 11) is 0. The number of nitrogens with zero attached hydrogens (tertiary/aromatic N) is 1. The Morgan fingerprint density at radius 3 is 2.65 bits per heavy atom. The van der Waals surface area contributed by atoms with Gasteiger partial charge < -0.3 is 5.32 Å². The van der Waals surface area contributed by atoms with E-state index < -0.39 is 10.7 Å². The molecule has 4 nitrogen and oxygen atoms in total. The van der Waals surface area contributed by atoms with Crippen LogP contribution in [0.2, 0.25) is 10.0 Å². The van der Waals surface area contributed by atoms with Crippen LogP contribution in [0.15, 0.2) is 36.4 Å². The quantitative estimate of drug-likeness (QED) is 0.660. The Morgan fingerprint density at radius 1 is 1.20 bits per heavy atom. The maximum atomic E-state index is 13.7. The fraction of sp³-hybridized carbons (Fsp3) is 0.0769. The summed E-state index contributed by atoms with van der Waals surface area (Å²) < 4.78 is 13.7. The van der Waals surface area contributed by atoms with Crippen molar-refractivity contribution in [2.45, 2.75) is 6.54 Å². The van der Waals surface area contributed by atoms with Crippen LogP contribution in [0.5, 0.6) is 0 Å². The van der Waals surface area contributed by atoms with Crippen LogP contribution in [0.25, 0.3) is 0 Å². The van der Waals surface area contributed by atoms with Gasteiger partial charge in [-0.15, -0.1) is 0 Å². The predicted octanol–water partition coefficient (Wildman–Crippen LogP) is 4.65. The number of nitro benzene ring substituents is 1. The van der Waals surface area contributed by atoms with Crippen LogP contribution in [0.1, 0.15) is 5.56 Å². The first-order valence-electron chi connectivity index (χ1n) is 5.59. The second kappa shape index (κ2) is 6.07. The average Bonchev–Trinajstić information content (AvgIpc) is 2.41. The molecule has 0 fully saturated rings. The summed E-state index contributed by atoms with van der Waals surface area (Å²) in [6, 6.07) is 8.65. The van der Waals surface area contributed by atoms with Gasteiger partial charge in [-0.3, -0.25) is 10.1 Å². The van der Waals surface area contributed by atoms with Crippen LogP contribution in [-0.4, -0.2) is 4.92 Å². The zero-order valence-electron chi connectivity index (χ0n) is 10.1. The minimum atomic E-state index is -0.573. The zero-order chi connectivity index (χ0) is 14.7. The topological polar surface area (TPSA) is 55.2 Å². The summed E-state index contributed by atoms with van der Waals surface area (Å²) in [6.07, 6.45) is 0. The van der Waals surface area contributed by atoms with Gasteiger partial charge >= 0.3 is 0 Å². The van der Waals surface area contributed by atoms with Gasteiger partial charge in [-0.2, -0.15) is 0 Å². The van der Waals surface area contributed by atoms with E-state index in [2.05, 4.69) is 5.32 Å². The Labute approximate surface area is 124 Å². The maximum absolute atomic E-state index is 13.7. The fourth-order valence-electron chi connectivity index (χ4n) is 1.64. The molecule has 104 valence electrons. The van der Waals surface area contributed by atoms with E-state index in [-0.39, 0.29) is 22.9 Å². The second-order valence-corrected chi connectivity index (χ2v) is 4.80. The first-order chi connectivity index (χ1) is 9.49. The number of nitrogens with one attached hydrogen (secondary N) is 1. The lowest BCUT2D eigenvalue weighted by Crippen LogP contribution is -2.03. The third-order valence-electron chi connectivity index (χ3n) is 2.66. The van der Waals surface area contributed by atoms with Crippen molar-refractivity contribution in [3.05, 3.63) is 67.9 Å². The minimum Gasteiger partial charge on any atom is -0.378 e. The van der Waals surface area contributed by atoms with E-state index in [1.807, 2.05) is 0 Å². The number of hydrogen-bond acceptors (Lipinski definition) is 3. The first kappa shape index (κ1) is 14.6. The number of anilines is 1. The summed E-state index contributed by atoms with van der Waals surface area (Å²) in [4.78, 5) is 10.2. The first-order valence-corrected chi connectivity index (χ1v) is 6.35. The Kier molecular flexibility index (Phi) is 4.42. The summed E-state index contributed by atoms with van der Waals surface area (Å²) >= 11 is 11.6. The molecular formula is C13H9Cl2FN2O2. The molecule has 0 bridgehead atoms. The molecule has 0 spiro atoms. The molecule has 0 radical (unpaired) electrons. The van der Waals surface area contributed by atoms with Crippen LogP contribution < -0.4 is 5.32 Å². The highest BCUT2D eigenvalue weighted by molar-refractivity contribution is 6.31. The number of halogens is 3. The predicted molar refractivity (Wildman–Crippen MR) is 76.8 cm³/mol. The molecule has 0 saturated heterocycles. The largest absolute Gasteiger partial charge is 0.378 e. The van der Waals surface area contributed by atoms with Crippen molar-refractivity contribution < 1.29 is 9.31 Å². The van der Waals surface area contributed by atoms with E-state index >= 15 is 0 Å². The van der Waals surface area contributed by atoms with Crippen LogP contribution in [0.3, 0.4) is 0 Å². The summed E-state index contributed by atoms with van der Waals surface area (Å²) in [5, 5.41) is 13.9. The van der Waals surface area contributed by atoms with Gasteiger partial charge in [0, 0.05) is 23.7 Å². The van der Waals surface area contributed by atoms with E-state index in [1.165, 1.54) is 30.3 Å². The third kappa shape index (κ3) is 3.18. The highest BCUT2D eigenvalue weighted by Gasteiger charge is 2.11. The highest BCUT2D eigenvalue weighted by Crippen LogP contribution is 2.25. The summed E-state index contributed by atoms with van der Waals surface area (Å²) in [5.74, 6) is -0.573. The van der Waals surface area contributed by atoms with Gasteiger partial charge in [0.2, 0.25) is 0 Å². The molecule has 1 N–H and O–H groups in total. The average molecular weight is 315 g/mol. The van der Waals surface area contributed by atoms with Crippen molar-refractivity contribution in [1.29, 1.82) is 0 Å². The SMILES string of the molecule is O=[N+]([O-])c1ccc(Cl)c(CNc2cccc(Cl)c2F)c1. The molecular weight excluding hydrogens is 306 g/mol. The van der Waals surface area contributed by atoms with Gasteiger partial charge in [0.15, 0.2) is 5.82 Å². The second-order valence-electron chi connectivity index (χ2n) is 3.99. The fourth-order valence-corrected chi connectivity index (χ4v) is 2.00. The number of benzene rings is 2. The van der Waals surface area contributed by atoms with Gasteiger partial charge in [-0.05, 0) is 23.8 Å². The molecule has 0 unspecified atom stereocenters. The summed E-state index contributed by atoms with van der Waals surface area (Å²) in [6.45, 7) is 0.151. The van der Waals surface area contributed by atoms with Crippen molar-refractivity contribution in [2.24, 2.45) is 0 Å². The van der Waals surface area contributed by atoms with E-state index in [0.717, 1.165) is 0 Å². The molecule has 0 aromatic heterocycles. The third-order valence-corrected chi connectivity index (χ3v) is 3.32. The Balaban J connectivity index is 2.20. The monoisotopic (exact) mass is 314 g/mol. The molecule has 0 atom stereocenters. The molecule has 0 aliphatic rings. The maximum Gasteiger partial charge on any atom is 0.269 e. The molecule has 20 heavy (non-hydrogen) atoms. The molecule has 0 saturated carbocycles. The number of rotatable bonds is 4. The minimum absolute atomic E-state index is 0.000129. The lowest BCUT2D eigenvalue weighted by atomic mass is 10.2. The van der Waals surface area contributed by atoms with Crippen molar-refractivity contribution >= 4 is 34.6 Å². The summed E-state index contributed by atoms with van der Waals surface area (Å²) in [5.41, 5.74) is 0.637. The Hall–Kier alpha value is -1.85. The number of nitro groups is 1. The number of non-ortho nitro benzene ring substituents is 1. The zero-order valence-corrected chi connectivity index (χ0v) is 11.6. The van der Waals surface area contributed by atoms with Crippen LogP contribution >= 0.6 is 23.2 Å². The standard InChI is InChI=1S/C13H9Cl2FN2O2/c14-10-5-4-9(18(19)20)6-8(10)7-17-12-3-1-2-11(15)13(12)16/h1-6,17H,7H2. The van der Waals surface area contributed by atoms with E-state index in [1.54, 1.807) is 6.07 Å². The van der Waals surface area contributed by atoms with E-state index in [0.29, 0.717) is 10.6 Å². The van der Waals surface area contributed by atoms with Crippen molar-refractivity contribution in [3.63, 3.8) is 0 Å². The van der Waals surface area contributed by atoms with Gasteiger partial charge in [0.05, 0.1) is 15.6 Å². The number of hydrogen-bond donors (Lipinski definition) is 1. The van der Waals surface area contributed by atoms with Crippen molar-refractivity contribution in [2.75, 3.05) is 5.32 Å². The van der Waals surface area contributed by atoms with Crippen LogP contribution in [0.4, 0.5) is 15.8 Å². The van der Waals surface area contributed by atoms with Crippen molar-refractivity contribution in [1.82, 2.24) is 0 Å². The van der Waals surface area contributed by atoms with Crippen molar-refractivity contribution in [3.8, 4) is 0 Å². The Morgan fingerprint density at radius 2 is 1.95 bits per heavy atom. The molecule has 0 heterocycles. The molecule has 7 heteroatoms. The normalized spacial score (nSPS) is 10.3. The molecule has 2 rings (SSSR count). The molecule has 0 amide bonds.